The zero-order valence-electron chi connectivity index (χ0n) is 14.6. The topological polar surface area (TPSA) is 29.3 Å². The molecule has 3 heterocycles. The summed E-state index contributed by atoms with van der Waals surface area (Å²) in [5.74, 6) is 2.30. The van der Waals surface area contributed by atoms with E-state index in [-0.39, 0.29) is 0 Å². The zero-order chi connectivity index (χ0) is 16.8. The van der Waals surface area contributed by atoms with Crippen LogP contribution in [0.1, 0.15) is 67.9 Å². The Kier molecular flexibility index (Phi) is 4.17. The average molecular weight is 345 g/mol. The van der Waals surface area contributed by atoms with E-state index >= 15 is 0 Å². The standard InChI is InChI=1S/C20H25ClN2O/c1-12(2)17-11-19(24-22-17)20-16(13-4-6-14(21)7-5-13)10-15-8-9-18(20)23(15)3/h4-7,11-12,15-16,18,20H,8-10H2,1-3H3/t15?,16-,18?,20+/m1/s1. The van der Waals surface area contributed by atoms with Gasteiger partial charge >= 0.3 is 0 Å². The van der Waals surface area contributed by atoms with Crippen molar-refractivity contribution in [3.8, 4) is 0 Å². The number of aromatic nitrogens is 1. The second kappa shape index (κ2) is 6.20. The molecule has 2 unspecified atom stereocenters. The van der Waals surface area contributed by atoms with Crippen LogP contribution in [0.4, 0.5) is 0 Å². The summed E-state index contributed by atoms with van der Waals surface area (Å²) in [7, 11) is 2.27. The van der Waals surface area contributed by atoms with Crippen LogP contribution in [0, 0.1) is 0 Å². The van der Waals surface area contributed by atoms with Gasteiger partial charge in [0.2, 0.25) is 0 Å². The summed E-state index contributed by atoms with van der Waals surface area (Å²) >= 11 is 6.10. The van der Waals surface area contributed by atoms with Gasteiger partial charge in [0, 0.05) is 29.1 Å². The quantitative estimate of drug-likeness (QED) is 0.767. The van der Waals surface area contributed by atoms with Crippen molar-refractivity contribution in [2.24, 2.45) is 0 Å². The maximum atomic E-state index is 6.10. The molecule has 2 aliphatic heterocycles. The largest absolute Gasteiger partial charge is 0.361 e. The minimum absolute atomic E-state index is 0.370. The number of halogens is 1. The van der Waals surface area contributed by atoms with Gasteiger partial charge in [0.05, 0.1) is 5.69 Å². The summed E-state index contributed by atoms with van der Waals surface area (Å²) in [5.41, 5.74) is 2.43. The van der Waals surface area contributed by atoms with E-state index < -0.39 is 0 Å². The van der Waals surface area contributed by atoms with E-state index in [9.17, 15) is 0 Å². The molecule has 0 saturated carbocycles. The number of hydrogen-bond acceptors (Lipinski definition) is 3. The fourth-order valence-electron chi connectivity index (χ4n) is 4.64. The Bertz CT molecular complexity index is 709. The van der Waals surface area contributed by atoms with Crippen LogP contribution in [-0.2, 0) is 0 Å². The summed E-state index contributed by atoms with van der Waals surface area (Å²) in [6.45, 7) is 4.33. The predicted octanol–water partition coefficient (Wildman–Crippen LogP) is 5.19. The van der Waals surface area contributed by atoms with Crippen molar-refractivity contribution < 1.29 is 4.52 Å². The highest BCUT2D eigenvalue weighted by Crippen LogP contribution is 2.51. The molecule has 24 heavy (non-hydrogen) atoms. The number of benzene rings is 1. The van der Waals surface area contributed by atoms with Crippen LogP contribution in [0.2, 0.25) is 5.02 Å². The zero-order valence-corrected chi connectivity index (χ0v) is 15.3. The van der Waals surface area contributed by atoms with Crippen LogP contribution in [0.5, 0.6) is 0 Å². The highest BCUT2D eigenvalue weighted by molar-refractivity contribution is 6.30. The number of fused-ring (bicyclic) bond motifs is 2. The third-order valence-corrected chi connectivity index (χ3v) is 6.29. The Morgan fingerprint density at radius 1 is 1.21 bits per heavy atom. The third kappa shape index (κ3) is 2.68. The molecule has 0 radical (unpaired) electrons. The first-order valence-corrected chi connectivity index (χ1v) is 9.36. The summed E-state index contributed by atoms with van der Waals surface area (Å²) in [6.07, 6.45) is 3.71. The van der Waals surface area contributed by atoms with Gasteiger partial charge in [0.25, 0.3) is 0 Å². The molecule has 2 aromatic rings. The van der Waals surface area contributed by atoms with Crippen molar-refractivity contribution in [1.29, 1.82) is 0 Å². The van der Waals surface area contributed by atoms with Crippen molar-refractivity contribution in [1.82, 2.24) is 10.1 Å². The van der Waals surface area contributed by atoms with Crippen molar-refractivity contribution in [3.05, 3.63) is 52.4 Å². The van der Waals surface area contributed by atoms with Gasteiger partial charge < -0.3 is 4.52 Å². The summed E-state index contributed by atoms with van der Waals surface area (Å²) < 4.78 is 5.84. The highest BCUT2D eigenvalue weighted by Gasteiger charge is 2.48. The van der Waals surface area contributed by atoms with Crippen molar-refractivity contribution in [2.75, 3.05) is 7.05 Å². The van der Waals surface area contributed by atoms with Crippen molar-refractivity contribution in [3.63, 3.8) is 0 Å². The summed E-state index contributed by atoms with van der Waals surface area (Å²) in [6, 6.07) is 11.8. The van der Waals surface area contributed by atoms with Gasteiger partial charge in [-0.1, -0.05) is 42.7 Å². The van der Waals surface area contributed by atoms with Crippen LogP contribution in [0.25, 0.3) is 0 Å². The molecule has 128 valence electrons. The Balaban J connectivity index is 1.74. The van der Waals surface area contributed by atoms with E-state index in [1.165, 1.54) is 24.8 Å². The van der Waals surface area contributed by atoms with Gasteiger partial charge in [-0.3, -0.25) is 4.90 Å². The first kappa shape index (κ1) is 16.2. The average Bonchev–Trinajstić information content (AvgIpc) is 3.12. The fourth-order valence-corrected chi connectivity index (χ4v) is 4.77. The molecular formula is C20H25ClN2O. The van der Waals surface area contributed by atoms with Gasteiger partial charge in [-0.15, -0.1) is 0 Å². The minimum atomic E-state index is 0.370. The van der Waals surface area contributed by atoms with Crippen LogP contribution in [0.15, 0.2) is 34.9 Å². The molecule has 4 rings (SSSR count). The lowest BCUT2D eigenvalue weighted by molar-refractivity contribution is 0.122. The van der Waals surface area contributed by atoms with Crippen LogP contribution < -0.4 is 0 Å². The van der Waals surface area contributed by atoms with Gasteiger partial charge in [0.1, 0.15) is 5.76 Å². The molecule has 4 atom stereocenters. The first-order chi connectivity index (χ1) is 11.5. The molecule has 2 saturated heterocycles. The van der Waals surface area contributed by atoms with E-state index in [0.29, 0.717) is 29.8 Å². The van der Waals surface area contributed by atoms with E-state index in [4.69, 9.17) is 16.1 Å². The van der Waals surface area contributed by atoms with Gasteiger partial charge in [0.15, 0.2) is 0 Å². The highest BCUT2D eigenvalue weighted by atomic mass is 35.5. The third-order valence-electron chi connectivity index (χ3n) is 6.03. The normalized spacial score (nSPS) is 30.2. The van der Waals surface area contributed by atoms with Gasteiger partial charge in [-0.05, 0) is 55.8 Å². The maximum Gasteiger partial charge on any atom is 0.142 e. The van der Waals surface area contributed by atoms with Crippen LogP contribution >= 0.6 is 11.6 Å². The summed E-state index contributed by atoms with van der Waals surface area (Å²) in [4.78, 5) is 2.56. The number of rotatable bonds is 3. The molecule has 2 bridgehead atoms. The Morgan fingerprint density at radius 2 is 1.96 bits per heavy atom. The molecule has 0 spiro atoms. The second-order valence-corrected chi connectivity index (χ2v) is 8.13. The Morgan fingerprint density at radius 3 is 2.62 bits per heavy atom. The molecule has 2 aliphatic rings. The number of hydrogen-bond donors (Lipinski definition) is 0. The summed E-state index contributed by atoms with van der Waals surface area (Å²) in [5, 5.41) is 5.12. The molecule has 1 aromatic carbocycles. The lowest BCUT2D eigenvalue weighted by Crippen LogP contribution is -2.44. The molecule has 2 fully saturated rings. The molecule has 0 aliphatic carbocycles. The van der Waals surface area contributed by atoms with E-state index in [0.717, 1.165) is 16.5 Å². The van der Waals surface area contributed by atoms with Crippen molar-refractivity contribution in [2.45, 2.75) is 62.9 Å². The van der Waals surface area contributed by atoms with Gasteiger partial charge in [-0.2, -0.15) is 0 Å². The van der Waals surface area contributed by atoms with E-state index in [2.05, 4.69) is 49.2 Å². The minimum Gasteiger partial charge on any atom is -0.361 e. The smallest absolute Gasteiger partial charge is 0.142 e. The van der Waals surface area contributed by atoms with Crippen molar-refractivity contribution >= 4 is 11.6 Å². The lowest BCUT2D eigenvalue weighted by Gasteiger charge is -2.42. The molecule has 4 heteroatoms. The fraction of sp³-hybridized carbons (Fsp3) is 0.550. The first-order valence-electron chi connectivity index (χ1n) is 8.98. The number of likely N-dealkylation sites (N-methyl/N-ethyl adjacent to an activating group) is 1. The maximum absolute atomic E-state index is 6.10. The van der Waals surface area contributed by atoms with Gasteiger partial charge in [-0.25, -0.2) is 0 Å². The predicted molar refractivity (Wildman–Crippen MR) is 96.7 cm³/mol. The Hall–Kier alpha value is -1.32. The molecule has 1 aromatic heterocycles. The second-order valence-electron chi connectivity index (χ2n) is 7.69. The molecular weight excluding hydrogens is 320 g/mol. The molecule has 0 N–H and O–H groups in total. The molecule has 0 amide bonds. The Labute approximate surface area is 149 Å². The van der Waals surface area contributed by atoms with E-state index in [1.54, 1.807) is 0 Å². The lowest BCUT2D eigenvalue weighted by atomic mass is 9.75. The number of nitrogens with zero attached hydrogens (tertiary/aromatic N) is 2. The van der Waals surface area contributed by atoms with Crippen LogP contribution in [0.3, 0.4) is 0 Å². The monoisotopic (exact) mass is 344 g/mol. The molecule has 3 nitrogen and oxygen atoms in total. The van der Waals surface area contributed by atoms with Crippen LogP contribution in [-0.4, -0.2) is 29.2 Å². The SMILES string of the molecule is CC(C)c1cc([C@@H]2C3CCC(C[C@@H]2c2ccc(Cl)cc2)N3C)on1. The van der Waals surface area contributed by atoms with E-state index in [1.807, 2.05) is 12.1 Å². The number of piperidine rings is 1.